The van der Waals surface area contributed by atoms with Crippen molar-refractivity contribution in [2.75, 3.05) is 13.1 Å². The summed E-state index contributed by atoms with van der Waals surface area (Å²) in [5.74, 6) is -9.87. The summed E-state index contributed by atoms with van der Waals surface area (Å²) >= 11 is 5.11. The third-order valence-corrected chi connectivity index (χ3v) is 8.46. The van der Waals surface area contributed by atoms with Crippen molar-refractivity contribution in [3.63, 3.8) is 0 Å². The van der Waals surface area contributed by atoms with Gasteiger partial charge in [-0.3, -0.25) is 19.2 Å². The molecule has 3 rings (SSSR count). The number of likely N-dealkylation sites (tertiary alicyclic amines) is 2. The maximum Gasteiger partial charge on any atom is 0.371 e. The lowest BCUT2D eigenvalue weighted by atomic mass is 9.77. The lowest BCUT2D eigenvalue weighted by molar-refractivity contribution is -0.163. The lowest BCUT2D eigenvalue weighted by Crippen LogP contribution is -2.62. The van der Waals surface area contributed by atoms with Crippen molar-refractivity contribution < 1.29 is 36.7 Å². The second kappa shape index (κ2) is 10.9. The quantitative estimate of drug-likeness (QED) is 0.384. The standard InChI is InChI=1S/C26H35ClF4N4O4/c1-13(36)15-8-17(10-32)34(12-15)21(37)19-18-9-16(28)7-6-14(18)11-35(19)22(38)20(24(2,3)4)33-23(39)26(30,31)25(5,27)29/h14-20H,6-9,11-12H2,1-5H3,(H,33,39)/t14?,15-,16+,17-,18-,19-,20+,25?/m0/s1. The highest BCUT2D eigenvalue weighted by Crippen LogP contribution is 2.44. The molecule has 0 aromatic carbocycles. The van der Waals surface area contributed by atoms with Crippen LogP contribution in [0.1, 0.15) is 60.3 Å². The predicted molar refractivity (Wildman–Crippen MR) is 133 cm³/mol. The van der Waals surface area contributed by atoms with Gasteiger partial charge < -0.3 is 15.1 Å². The van der Waals surface area contributed by atoms with Gasteiger partial charge >= 0.3 is 5.92 Å². The lowest BCUT2D eigenvalue weighted by Gasteiger charge is -2.38. The summed E-state index contributed by atoms with van der Waals surface area (Å²) in [4.78, 5) is 54.7. The number of halogens is 5. The Hall–Kier alpha value is -2.42. The molecule has 8 atom stereocenters. The molecule has 3 fully saturated rings. The maximum absolute atomic E-state index is 14.5. The molecule has 13 heteroatoms. The van der Waals surface area contributed by atoms with E-state index >= 15 is 0 Å². The van der Waals surface area contributed by atoms with E-state index in [2.05, 4.69) is 0 Å². The van der Waals surface area contributed by atoms with E-state index < -0.39 is 70.3 Å². The van der Waals surface area contributed by atoms with Crippen LogP contribution in [0, 0.1) is 34.5 Å². The number of nitriles is 1. The molecule has 2 heterocycles. The van der Waals surface area contributed by atoms with Crippen LogP contribution in [0.4, 0.5) is 17.6 Å². The van der Waals surface area contributed by atoms with E-state index in [0.29, 0.717) is 13.3 Å². The van der Waals surface area contributed by atoms with E-state index in [9.17, 15) is 42.0 Å². The molecule has 3 aliphatic rings. The van der Waals surface area contributed by atoms with Gasteiger partial charge in [-0.25, -0.2) is 8.78 Å². The Morgan fingerprint density at radius 1 is 1.03 bits per heavy atom. The smallest absolute Gasteiger partial charge is 0.338 e. The Morgan fingerprint density at radius 3 is 2.15 bits per heavy atom. The Bertz CT molecular complexity index is 1050. The minimum absolute atomic E-state index is 0.0108. The van der Waals surface area contributed by atoms with Gasteiger partial charge in [0.1, 0.15) is 30.1 Å². The summed E-state index contributed by atoms with van der Waals surface area (Å²) in [6.45, 7) is 6.19. The number of Topliss-reactive ketones (excluding diaryl/α,β-unsaturated/α-hetero) is 1. The number of hydrogen-bond donors (Lipinski definition) is 1. The zero-order chi connectivity index (χ0) is 29.7. The molecular weight excluding hydrogens is 544 g/mol. The average molecular weight is 579 g/mol. The molecule has 1 aliphatic carbocycles. The van der Waals surface area contributed by atoms with E-state index in [1.165, 1.54) is 37.5 Å². The second-order valence-corrected chi connectivity index (χ2v) is 12.9. The molecular formula is C26H35ClF4N4O4. The summed E-state index contributed by atoms with van der Waals surface area (Å²) in [5, 5.41) is 7.87. The minimum Gasteiger partial charge on any atom is -0.338 e. The first-order valence-corrected chi connectivity index (χ1v) is 13.4. The predicted octanol–water partition coefficient (Wildman–Crippen LogP) is 3.37. The number of fused-ring (bicyclic) bond motifs is 1. The van der Waals surface area contributed by atoms with Crippen LogP contribution in [0.15, 0.2) is 0 Å². The molecule has 2 saturated heterocycles. The van der Waals surface area contributed by atoms with Crippen molar-refractivity contribution in [2.24, 2.45) is 23.2 Å². The number of hydrogen-bond acceptors (Lipinski definition) is 5. The molecule has 218 valence electrons. The molecule has 0 spiro atoms. The van der Waals surface area contributed by atoms with Crippen LogP contribution >= 0.6 is 11.6 Å². The van der Waals surface area contributed by atoms with E-state index in [4.69, 9.17) is 11.6 Å². The normalized spacial score (nSPS) is 31.6. The number of alkyl halides is 5. The number of rotatable bonds is 6. The van der Waals surface area contributed by atoms with Crippen molar-refractivity contribution in [1.29, 1.82) is 5.26 Å². The van der Waals surface area contributed by atoms with Crippen molar-refractivity contribution in [3.05, 3.63) is 0 Å². The fourth-order valence-electron chi connectivity index (χ4n) is 5.87. The summed E-state index contributed by atoms with van der Waals surface area (Å²) in [5.41, 5.74) is -1.16. The van der Waals surface area contributed by atoms with Gasteiger partial charge in [0.15, 0.2) is 0 Å². The molecule has 2 aliphatic heterocycles. The van der Waals surface area contributed by atoms with Gasteiger partial charge in [-0.2, -0.15) is 14.0 Å². The summed E-state index contributed by atoms with van der Waals surface area (Å²) in [7, 11) is 0. The van der Waals surface area contributed by atoms with Crippen LogP contribution in [-0.2, 0) is 19.2 Å². The fraction of sp³-hybridized carbons (Fsp3) is 0.808. The maximum atomic E-state index is 14.5. The van der Waals surface area contributed by atoms with Gasteiger partial charge in [0, 0.05) is 19.0 Å². The zero-order valence-corrected chi connectivity index (χ0v) is 23.4. The van der Waals surface area contributed by atoms with Crippen molar-refractivity contribution in [1.82, 2.24) is 15.1 Å². The third kappa shape index (κ3) is 6.03. The molecule has 0 bridgehead atoms. The minimum atomic E-state index is -4.68. The monoisotopic (exact) mass is 578 g/mol. The highest BCUT2D eigenvalue weighted by molar-refractivity contribution is 6.25. The van der Waals surface area contributed by atoms with Crippen molar-refractivity contribution in [3.8, 4) is 6.07 Å². The molecule has 0 radical (unpaired) electrons. The largest absolute Gasteiger partial charge is 0.371 e. The van der Waals surface area contributed by atoms with Crippen LogP contribution < -0.4 is 5.32 Å². The Morgan fingerprint density at radius 2 is 1.64 bits per heavy atom. The van der Waals surface area contributed by atoms with E-state index in [-0.39, 0.29) is 44.1 Å². The molecule has 0 aromatic heterocycles. The van der Waals surface area contributed by atoms with Gasteiger partial charge in [0.2, 0.25) is 11.8 Å². The summed E-state index contributed by atoms with van der Waals surface area (Å²) in [6.07, 6.45) is -0.474. The first-order chi connectivity index (χ1) is 17.8. The van der Waals surface area contributed by atoms with Gasteiger partial charge in [-0.15, -0.1) is 0 Å². The number of nitrogens with one attached hydrogen (secondary N) is 1. The molecule has 0 aromatic rings. The number of carbonyl (C=O) groups is 4. The highest BCUT2D eigenvalue weighted by Gasteiger charge is 2.59. The third-order valence-electron chi connectivity index (χ3n) is 8.23. The van der Waals surface area contributed by atoms with Crippen molar-refractivity contribution in [2.45, 2.75) is 95.6 Å². The Kier molecular flexibility index (Phi) is 8.67. The highest BCUT2D eigenvalue weighted by atomic mass is 35.5. The summed E-state index contributed by atoms with van der Waals surface area (Å²) < 4.78 is 57.2. The van der Waals surface area contributed by atoms with E-state index in [0.717, 1.165) is 0 Å². The average Bonchev–Trinajstić information content (AvgIpc) is 3.41. The number of nitrogens with zero attached hydrogens (tertiary/aromatic N) is 3. The second-order valence-electron chi connectivity index (χ2n) is 12.2. The van der Waals surface area contributed by atoms with Gasteiger partial charge in [-0.05, 0) is 56.8 Å². The first kappa shape index (κ1) is 31.1. The van der Waals surface area contributed by atoms with E-state index in [1.807, 2.05) is 11.4 Å². The van der Waals surface area contributed by atoms with E-state index in [1.54, 1.807) is 0 Å². The molecule has 39 heavy (non-hydrogen) atoms. The SMILES string of the molecule is CC(=O)[C@H]1C[C@@H](C#N)N(C(=O)[C@@H]2[C@H]3C[C@H](F)CCC3CN2C(=O)[C@@H](NC(=O)C(F)(F)C(C)(F)Cl)C(C)(C)C)C1. The number of ketones is 1. The summed E-state index contributed by atoms with van der Waals surface area (Å²) in [6, 6.07) is -1.73. The zero-order valence-electron chi connectivity index (χ0n) is 22.6. The number of amides is 3. The van der Waals surface area contributed by atoms with Crippen LogP contribution in [0.3, 0.4) is 0 Å². The van der Waals surface area contributed by atoms with Gasteiger partial charge in [-0.1, -0.05) is 32.4 Å². The van der Waals surface area contributed by atoms with Crippen LogP contribution in [-0.4, -0.2) is 81.7 Å². The van der Waals surface area contributed by atoms with Crippen LogP contribution in [0.2, 0.25) is 0 Å². The molecule has 1 N–H and O–H groups in total. The Balaban J connectivity index is 1.98. The fourth-order valence-corrected chi connectivity index (χ4v) is 5.96. The molecule has 8 nitrogen and oxygen atoms in total. The number of carbonyl (C=O) groups excluding carboxylic acids is 4. The first-order valence-electron chi connectivity index (χ1n) is 13.0. The molecule has 1 saturated carbocycles. The van der Waals surface area contributed by atoms with Gasteiger partial charge in [0.05, 0.1) is 6.07 Å². The molecule has 2 unspecified atom stereocenters. The van der Waals surface area contributed by atoms with Crippen LogP contribution in [0.25, 0.3) is 0 Å². The Labute approximate surface area is 230 Å². The van der Waals surface area contributed by atoms with Crippen LogP contribution in [0.5, 0.6) is 0 Å². The van der Waals surface area contributed by atoms with Gasteiger partial charge in [0.25, 0.3) is 11.0 Å². The van der Waals surface area contributed by atoms with Crippen molar-refractivity contribution >= 4 is 35.1 Å². The topological polar surface area (TPSA) is 111 Å². The molecule has 3 amide bonds.